The van der Waals surface area contributed by atoms with Crippen LogP contribution in [-0.4, -0.2) is 22.7 Å². The zero-order valence-electron chi connectivity index (χ0n) is 13.0. The van der Waals surface area contributed by atoms with Crippen molar-refractivity contribution in [1.29, 1.82) is 0 Å². The molecule has 8 heteroatoms. The summed E-state index contributed by atoms with van der Waals surface area (Å²) in [5.41, 5.74) is 0. The fourth-order valence-corrected chi connectivity index (χ4v) is 2.20. The van der Waals surface area contributed by atoms with Crippen molar-refractivity contribution >= 4 is 29.1 Å². The van der Waals surface area contributed by atoms with Gasteiger partial charge in [-0.25, -0.2) is 0 Å². The van der Waals surface area contributed by atoms with E-state index in [4.69, 9.17) is 32.5 Å². The Morgan fingerprint density at radius 1 is 1.35 bits per heavy atom. The van der Waals surface area contributed by atoms with Gasteiger partial charge < -0.3 is 14.6 Å². The number of hydrogen-bond acceptors (Lipinski definition) is 5. The van der Waals surface area contributed by atoms with E-state index in [-0.39, 0.29) is 18.4 Å². The molecule has 2 rings (SSSR count). The van der Waals surface area contributed by atoms with Crippen LogP contribution in [0.4, 0.5) is 0 Å². The van der Waals surface area contributed by atoms with Crippen LogP contribution in [0.5, 0.6) is 5.75 Å². The van der Waals surface area contributed by atoms with Crippen LogP contribution in [0.1, 0.15) is 44.4 Å². The summed E-state index contributed by atoms with van der Waals surface area (Å²) in [6, 6.07) is 4.38. The molecule has 0 unspecified atom stereocenters. The largest absolute Gasteiger partial charge is 0.482 e. The second kappa shape index (κ2) is 7.66. The van der Waals surface area contributed by atoms with Crippen molar-refractivity contribution in [1.82, 2.24) is 15.5 Å². The third-order valence-corrected chi connectivity index (χ3v) is 3.50. The standard InChI is InChI=1S/C15H17Cl2N3O3/c1-8(2)14-19-15(23-20-14)9(3)18-13(21)7-22-12-5-4-10(16)6-11(12)17/h4-6,8-9H,7H2,1-3H3,(H,18,21)/t9-/m1/s1. The molecule has 124 valence electrons. The van der Waals surface area contributed by atoms with E-state index in [2.05, 4.69) is 15.5 Å². The molecule has 1 N–H and O–H groups in total. The molecule has 1 atom stereocenters. The van der Waals surface area contributed by atoms with Gasteiger partial charge in [-0.3, -0.25) is 4.79 Å². The van der Waals surface area contributed by atoms with Crippen LogP contribution >= 0.6 is 23.2 Å². The van der Waals surface area contributed by atoms with E-state index in [1.54, 1.807) is 25.1 Å². The van der Waals surface area contributed by atoms with E-state index in [1.807, 2.05) is 13.8 Å². The van der Waals surface area contributed by atoms with E-state index < -0.39 is 6.04 Å². The first kappa shape index (κ1) is 17.6. The van der Waals surface area contributed by atoms with Crippen LogP contribution < -0.4 is 10.1 Å². The van der Waals surface area contributed by atoms with Crippen molar-refractivity contribution in [3.63, 3.8) is 0 Å². The summed E-state index contributed by atoms with van der Waals surface area (Å²) >= 11 is 11.8. The lowest BCUT2D eigenvalue weighted by atomic mass is 10.2. The van der Waals surface area contributed by atoms with E-state index in [9.17, 15) is 4.79 Å². The van der Waals surface area contributed by atoms with Crippen LogP contribution in [0.25, 0.3) is 0 Å². The number of aromatic nitrogens is 2. The molecule has 1 aromatic carbocycles. The SMILES string of the molecule is CC(C)c1noc([C@@H](C)NC(=O)COc2ccc(Cl)cc2Cl)n1. The lowest BCUT2D eigenvalue weighted by molar-refractivity contribution is -0.123. The zero-order chi connectivity index (χ0) is 17.0. The van der Waals surface area contributed by atoms with Gasteiger partial charge >= 0.3 is 0 Å². The summed E-state index contributed by atoms with van der Waals surface area (Å²) in [4.78, 5) is 16.2. The van der Waals surface area contributed by atoms with Crippen LogP contribution in [0.2, 0.25) is 10.0 Å². The molecule has 0 aliphatic carbocycles. The minimum atomic E-state index is -0.410. The smallest absolute Gasteiger partial charge is 0.258 e. The highest BCUT2D eigenvalue weighted by Gasteiger charge is 2.18. The molecule has 1 aromatic heterocycles. The first-order valence-electron chi connectivity index (χ1n) is 7.07. The molecule has 0 saturated carbocycles. The van der Waals surface area contributed by atoms with Gasteiger partial charge in [-0.05, 0) is 25.1 Å². The van der Waals surface area contributed by atoms with Gasteiger partial charge in [0, 0.05) is 10.9 Å². The van der Waals surface area contributed by atoms with Gasteiger partial charge in [0.15, 0.2) is 12.4 Å². The number of carbonyl (C=O) groups excluding carboxylic acids is 1. The Kier molecular flexibility index (Phi) is 5.85. The van der Waals surface area contributed by atoms with Gasteiger partial charge in [0.2, 0.25) is 5.89 Å². The minimum absolute atomic E-state index is 0.158. The maximum atomic E-state index is 11.9. The molecule has 1 amide bonds. The van der Waals surface area contributed by atoms with Crippen LogP contribution in [0.3, 0.4) is 0 Å². The lowest BCUT2D eigenvalue weighted by Crippen LogP contribution is -2.31. The molecule has 23 heavy (non-hydrogen) atoms. The molecule has 0 fully saturated rings. The predicted octanol–water partition coefficient (Wildman–Crippen LogP) is 3.76. The molecule has 0 saturated heterocycles. The number of halogens is 2. The molecule has 2 aromatic rings. The minimum Gasteiger partial charge on any atom is -0.482 e. The Morgan fingerprint density at radius 3 is 2.70 bits per heavy atom. The predicted molar refractivity (Wildman–Crippen MR) is 86.9 cm³/mol. The van der Waals surface area contributed by atoms with Crippen molar-refractivity contribution in [2.45, 2.75) is 32.7 Å². The van der Waals surface area contributed by atoms with E-state index in [0.717, 1.165) is 0 Å². The van der Waals surface area contributed by atoms with Crippen molar-refractivity contribution in [3.8, 4) is 5.75 Å². The third kappa shape index (κ3) is 4.84. The fraction of sp³-hybridized carbons (Fsp3) is 0.400. The van der Waals surface area contributed by atoms with Crippen molar-refractivity contribution in [2.24, 2.45) is 0 Å². The summed E-state index contributed by atoms with van der Waals surface area (Å²) in [6.45, 7) is 5.49. The highest BCUT2D eigenvalue weighted by molar-refractivity contribution is 6.35. The van der Waals surface area contributed by atoms with Crippen LogP contribution in [0, 0.1) is 0 Å². The highest BCUT2D eigenvalue weighted by Crippen LogP contribution is 2.27. The van der Waals surface area contributed by atoms with Gasteiger partial charge in [-0.15, -0.1) is 0 Å². The van der Waals surface area contributed by atoms with Crippen LogP contribution in [0.15, 0.2) is 22.7 Å². The number of ether oxygens (including phenoxy) is 1. The summed E-state index contributed by atoms with van der Waals surface area (Å²) in [7, 11) is 0. The molecule has 0 aliphatic rings. The van der Waals surface area contributed by atoms with Crippen molar-refractivity contribution in [2.75, 3.05) is 6.61 Å². The molecule has 1 heterocycles. The topological polar surface area (TPSA) is 77.2 Å². The van der Waals surface area contributed by atoms with Gasteiger partial charge in [-0.1, -0.05) is 42.2 Å². The van der Waals surface area contributed by atoms with Gasteiger partial charge in [0.1, 0.15) is 11.8 Å². The summed E-state index contributed by atoms with van der Waals surface area (Å²) in [6.07, 6.45) is 0. The summed E-state index contributed by atoms with van der Waals surface area (Å²) < 4.78 is 10.5. The normalized spacial score (nSPS) is 12.3. The second-order valence-electron chi connectivity index (χ2n) is 5.30. The maximum Gasteiger partial charge on any atom is 0.258 e. The first-order chi connectivity index (χ1) is 10.9. The third-order valence-electron chi connectivity index (χ3n) is 2.97. The van der Waals surface area contributed by atoms with Crippen molar-refractivity contribution in [3.05, 3.63) is 40.0 Å². The fourth-order valence-electron chi connectivity index (χ4n) is 1.74. The molecule has 0 bridgehead atoms. The number of nitrogens with one attached hydrogen (secondary N) is 1. The monoisotopic (exact) mass is 357 g/mol. The number of nitrogens with zero attached hydrogens (tertiary/aromatic N) is 2. The molecule has 6 nitrogen and oxygen atoms in total. The van der Waals surface area contributed by atoms with E-state index >= 15 is 0 Å². The number of carbonyl (C=O) groups is 1. The van der Waals surface area contributed by atoms with E-state index in [1.165, 1.54) is 0 Å². The molecule has 0 spiro atoms. The maximum absolute atomic E-state index is 11.9. The number of benzene rings is 1. The Hall–Kier alpha value is -1.79. The average molecular weight is 358 g/mol. The molecule has 0 radical (unpaired) electrons. The van der Waals surface area contributed by atoms with Crippen molar-refractivity contribution < 1.29 is 14.1 Å². The van der Waals surface area contributed by atoms with Crippen LogP contribution in [-0.2, 0) is 4.79 Å². The Labute approximate surface area is 144 Å². The lowest BCUT2D eigenvalue weighted by Gasteiger charge is -2.11. The molecular weight excluding hydrogens is 341 g/mol. The van der Waals surface area contributed by atoms with E-state index in [0.29, 0.717) is 27.5 Å². The Morgan fingerprint density at radius 2 is 2.09 bits per heavy atom. The highest BCUT2D eigenvalue weighted by atomic mass is 35.5. The number of amides is 1. The second-order valence-corrected chi connectivity index (χ2v) is 6.14. The van der Waals surface area contributed by atoms with Gasteiger partial charge in [0.05, 0.1) is 5.02 Å². The summed E-state index contributed by atoms with van der Waals surface area (Å²) in [5, 5.41) is 7.42. The quantitative estimate of drug-likeness (QED) is 0.851. The average Bonchev–Trinajstić information content (AvgIpc) is 2.96. The Balaban J connectivity index is 1.88. The molecular formula is C15H17Cl2N3O3. The molecule has 0 aliphatic heterocycles. The summed E-state index contributed by atoms with van der Waals surface area (Å²) in [5.74, 6) is 1.18. The Bertz CT molecular complexity index is 688. The zero-order valence-corrected chi connectivity index (χ0v) is 14.5. The van der Waals surface area contributed by atoms with Gasteiger partial charge in [-0.2, -0.15) is 4.98 Å². The van der Waals surface area contributed by atoms with Gasteiger partial charge in [0.25, 0.3) is 5.91 Å². The number of hydrogen-bond donors (Lipinski definition) is 1. The first-order valence-corrected chi connectivity index (χ1v) is 7.83. The number of rotatable bonds is 6.